The van der Waals surface area contributed by atoms with Gasteiger partial charge in [0.2, 0.25) is 5.91 Å². The Bertz CT molecular complexity index is 766. The number of fused-ring (bicyclic) bond motifs is 1. The number of nitrogens with two attached hydrogens (primary N) is 1. The zero-order valence-electron chi connectivity index (χ0n) is 12.5. The Morgan fingerprint density at radius 1 is 1.32 bits per heavy atom. The number of halogens is 2. The summed E-state index contributed by atoms with van der Waals surface area (Å²) in [5, 5.41) is 4.35. The summed E-state index contributed by atoms with van der Waals surface area (Å²) in [5.41, 5.74) is 5.68. The molecule has 0 aliphatic carbocycles. The third-order valence-electron chi connectivity index (χ3n) is 3.41. The Balaban J connectivity index is 2.39. The van der Waals surface area contributed by atoms with E-state index in [1.165, 1.54) is 0 Å². The number of hydrogen-bond acceptors (Lipinski definition) is 2. The summed E-state index contributed by atoms with van der Waals surface area (Å²) in [7, 11) is 1.77. The van der Waals surface area contributed by atoms with Gasteiger partial charge in [0.05, 0.1) is 10.0 Å². The van der Waals surface area contributed by atoms with Gasteiger partial charge in [0.1, 0.15) is 5.69 Å². The number of hydrogen-bond donors (Lipinski definition) is 2. The van der Waals surface area contributed by atoms with Crippen molar-refractivity contribution in [1.82, 2.24) is 9.88 Å². The fraction of sp³-hybridized carbons (Fsp3) is 0.333. The molecule has 0 fully saturated rings. The van der Waals surface area contributed by atoms with Crippen LogP contribution in [-0.2, 0) is 11.8 Å². The molecular formula is C15H17Cl2N3O2. The van der Waals surface area contributed by atoms with Gasteiger partial charge in [-0.1, -0.05) is 23.2 Å². The van der Waals surface area contributed by atoms with Gasteiger partial charge < -0.3 is 15.6 Å². The molecule has 1 aromatic heterocycles. The van der Waals surface area contributed by atoms with E-state index in [0.29, 0.717) is 21.1 Å². The van der Waals surface area contributed by atoms with Gasteiger partial charge in [-0.3, -0.25) is 9.59 Å². The normalized spacial score (nSPS) is 11.7. The SMILES string of the molecule is Cn1c(C(=O)NC(C)(C)CC(N)=O)cc2c(Cl)c(Cl)ccc21. The van der Waals surface area contributed by atoms with E-state index in [1.54, 1.807) is 43.7 Å². The number of rotatable bonds is 4. The Morgan fingerprint density at radius 3 is 2.55 bits per heavy atom. The number of nitrogens with one attached hydrogen (secondary N) is 1. The van der Waals surface area contributed by atoms with Crippen molar-refractivity contribution in [3.05, 3.63) is 33.9 Å². The lowest BCUT2D eigenvalue weighted by molar-refractivity contribution is -0.119. The first-order chi connectivity index (χ1) is 10.1. The predicted octanol–water partition coefficient (Wildman–Crippen LogP) is 2.87. The molecule has 0 radical (unpaired) electrons. The molecule has 0 saturated heterocycles. The van der Waals surface area contributed by atoms with Gasteiger partial charge in [0.15, 0.2) is 0 Å². The molecular weight excluding hydrogens is 325 g/mol. The summed E-state index contributed by atoms with van der Waals surface area (Å²) in [4.78, 5) is 23.5. The zero-order valence-corrected chi connectivity index (χ0v) is 14.0. The molecule has 2 rings (SSSR count). The van der Waals surface area contributed by atoms with E-state index in [9.17, 15) is 9.59 Å². The number of amides is 2. The third kappa shape index (κ3) is 3.20. The number of nitrogens with zero attached hydrogens (tertiary/aromatic N) is 1. The first-order valence-electron chi connectivity index (χ1n) is 6.66. The quantitative estimate of drug-likeness (QED) is 0.896. The number of carbonyl (C=O) groups is 2. The van der Waals surface area contributed by atoms with E-state index in [-0.39, 0.29) is 12.3 Å². The van der Waals surface area contributed by atoms with Crippen molar-refractivity contribution < 1.29 is 9.59 Å². The fourth-order valence-electron chi connectivity index (χ4n) is 2.42. The van der Waals surface area contributed by atoms with E-state index < -0.39 is 11.4 Å². The number of primary amides is 1. The molecule has 1 heterocycles. The monoisotopic (exact) mass is 341 g/mol. The molecule has 0 spiro atoms. The van der Waals surface area contributed by atoms with Crippen molar-refractivity contribution >= 4 is 45.9 Å². The molecule has 0 saturated carbocycles. The van der Waals surface area contributed by atoms with Crippen molar-refractivity contribution in [2.75, 3.05) is 0 Å². The molecule has 5 nitrogen and oxygen atoms in total. The van der Waals surface area contributed by atoms with Gasteiger partial charge in [-0.15, -0.1) is 0 Å². The molecule has 0 unspecified atom stereocenters. The zero-order chi connectivity index (χ0) is 16.7. The Labute approximate surface area is 138 Å². The summed E-state index contributed by atoms with van der Waals surface area (Å²) in [6.07, 6.45) is 0.0509. The molecule has 0 aliphatic rings. The average molecular weight is 342 g/mol. The van der Waals surface area contributed by atoms with E-state index >= 15 is 0 Å². The van der Waals surface area contributed by atoms with E-state index in [0.717, 1.165) is 5.52 Å². The molecule has 0 aliphatic heterocycles. The van der Waals surface area contributed by atoms with Crippen LogP contribution in [0.4, 0.5) is 0 Å². The molecule has 1 aromatic carbocycles. The average Bonchev–Trinajstić information content (AvgIpc) is 2.70. The second-order valence-electron chi connectivity index (χ2n) is 5.86. The van der Waals surface area contributed by atoms with Crippen LogP contribution in [0.3, 0.4) is 0 Å². The van der Waals surface area contributed by atoms with Crippen molar-refractivity contribution in [1.29, 1.82) is 0 Å². The summed E-state index contributed by atoms with van der Waals surface area (Å²) in [6.45, 7) is 3.48. The van der Waals surface area contributed by atoms with Gasteiger partial charge >= 0.3 is 0 Å². The first-order valence-corrected chi connectivity index (χ1v) is 7.42. The summed E-state index contributed by atoms with van der Waals surface area (Å²) >= 11 is 12.2. The summed E-state index contributed by atoms with van der Waals surface area (Å²) in [5.74, 6) is -0.783. The van der Waals surface area contributed by atoms with Crippen LogP contribution in [0, 0.1) is 0 Å². The van der Waals surface area contributed by atoms with Crippen LogP contribution in [0.25, 0.3) is 10.9 Å². The van der Waals surface area contributed by atoms with Gasteiger partial charge in [0, 0.05) is 29.9 Å². The maximum Gasteiger partial charge on any atom is 0.268 e. The molecule has 7 heteroatoms. The van der Waals surface area contributed by atoms with Crippen LogP contribution < -0.4 is 11.1 Å². The van der Waals surface area contributed by atoms with Crippen LogP contribution in [0.2, 0.25) is 10.0 Å². The summed E-state index contributed by atoms with van der Waals surface area (Å²) in [6, 6.07) is 5.17. The second-order valence-corrected chi connectivity index (χ2v) is 6.65. The van der Waals surface area contributed by atoms with Crippen molar-refractivity contribution in [2.24, 2.45) is 12.8 Å². The van der Waals surface area contributed by atoms with Crippen molar-refractivity contribution in [3.63, 3.8) is 0 Å². The van der Waals surface area contributed by atoms with Gasteiger partial charge in [-0.2, -0.15) is 0 Å². The van der Waals surface area contributed by atoms with E-state index in [1.807, 2.05) is 0 Å². The lowest BCUT2D eigenvalue weighted by Gasteiger charge is -2.24. The van der Waals surface area contributed by atoms with Gasteiger partial charge in [-0.05, 0) is 32.0 Å². The highest BCUT2D eigenvalue weighted by Crippen LogP contribution is 2.32. The highest BCUT2D eigenvalue weighted by molar-refractivity contribution is 6.45. The lowest BCUT2D eigenvalue weighted by Crippen LogP contribution is -2.46. The number of aromatic nitrogens is 1. The van der Waals surface area contributed by atoms with E-state index in [2.05, 4.69) is 5.32 Å². The molecule has 118 valence electrons. The fourth-order valence-corrected chi connectivity index (χ4v) is 2.80. The van der Waals surface area contributed by atoms with Crippen LogP contribution in [-0.4, -0.2) is 21.9 Å². The Morgan fingerprint density at radius 2 is 1.95 bits per heavy atom. The van der Waals surface area contributed by atoms with E-state index in [4.69, 9.17) is 28.9 Å². The molecule has 22 heavy (non-hydrogen) atoms. The maximum absolute atomic E-state index is 12.5. The highest BCUT2D eigenvalue weighted by atomic mass is 35.5. The lowest BCUT2D eigenvalue weighted by atomic mass is 10.00. The first kappa shape index (κ1) is 16.6. The minimum Gasteiger partial charge on any atom is -0.370 e. The van der Waals surface area contributed by atoms with Crippen LogP contribution in [0.5, 0.6) is 0 Å². The third-order valence-corrected chi connectivity index (χ3v) is 4.23. The Hall–Kier alpha value is -1.72. The van der Waals surface area contributed by atoms with Crippen LogP contribution >= 0.6 is 23.2 Å². The van der Waals surface area contributed by atoms with Gasteiger partial charge in [-0.25, -0.2) is 0 Å². The number of aryl methyl sites for hydroxylation is 1. The smallest absolute Gasteiger partial charge is 0.268 e. The molecule has 2 aromatic rings. The summed E-state index contributed by atoms with van der Waals surface area (Å²) < 4.78 is 1.73. The molecule has 0 bridgehead atoms. The molecule has 2 amide bonds. The van der Waals surface area contributed by atoms with Crippen molar-refractivity contribution in [3.8, 4) is 0 Å². The van der Waals surface area contributed by atoms with Crippen LogP contribution in [0.1, 0.15) is 30.8 Å². The van der Waals surface area contributed by atoms with Gasteiger partial charge in [0.25, 0.3) is 5.91 Å². The Kier molecular flexibility index (Phi) is 4.40. The topological polar surface area (TPSA) is 77.1 Å². The molecule has 3 N–H and O–H groups in total. The number of carbonyl (C=O) groups excluding carboxylic acids is 2. The largest absolute Gasteiger partial charge is 0.370 e. The highest BCUT2D eigenvalue weighted by Gasteiger charge is 2.25. The predicted molar refractivity (Wildman–Crippen MR) is 88.3 cm³/mol. The maximum atomic E-state index is 12.5. The van der Waals surface area contributed by atoms with Crippen molar-refractivity contribution in [2.45, 2.75) is 25.8 Å². The number of benzene rings is 1. The minimum absolute atomic E-state index is 0.0509. The molecule has 0 atom stereocenters. The minimum atomic E-state index is -0.735. The van der Waals surface area contributed by atoms with Crippen LogP contribution in [0.15, 0.2) is 18.2 Å². The standard InChI is InChI=1S/C15H17Cl2N3O2/c1-15(2,7-12(18)21)19-14(22)11-6-8-10(20(11)3)5-4-9(16)13(8)17/h4-6H,7H2,1-3H3,(H2,18,21)(H,19,22). The second kappa shape index (κ2) is 5.82.